The van der Waals surface area contributed by atoms with E-state index in [-0.39, 0.29) is 12.7 Å². The highest BCUT2D eigenvalue weighted by Gasteiger charge is 2.31. The monoisotopic (exact) mass is 339 g/mol. The van der Waals surface area contributed by atoms with Crippen LogP contribution in [0.4, 0.5) is 0 Å². The zero-order chi connectivity index (χ0) is 16.8. The highest BCUT2D eigenvalue weighted by Crippen LogP contribution is 2.41. The number of nitrogens with zero attached hydrogens (tertiary/aromatic N) is 2. The zero-order valence-corrected chi connectivity index (χ0v) is 14.1. The van der Waals surface area contributed by atoms with Gasteiger partial charge in [0.1, 0.15) is 0 Å². The molecule has 0 bridgehead atoms. The number of H-pyrrole nitrogens is 1. The quantitative estimate of drug-likeness (QED) is 0.931. The van der Waals surface area contributed by atoms with Crippen LogP contribution in [0.15, 0.2) is 18.2 Å². The van der Waals surface area contributed by atoms with E-state index in [1.165, 1.54) is 29.8 Å². The Morgan fingerprint density at radius 3 is 2.92 bits per heavy atom. The molecule has 3 heterocycles. The van der Waals surface area contributed by atoms with Gasteiger partial charge in [0.15, 0.2) is 11.5 Å². The summed E-state index contributed by atoms with van der Waals surface area (Å²) < 4.78 is 10.7. The van der Waals surface area contributed by atoms with E-state index in [0.717, 1.165) is 43.0 Å². The molecule has 1 N–H and O–H groups in total. The minimum absolute atomic E-state index is 0.171. The van der Waals surface area contributed by atoms with E-state index in [9.17, 15) is 4.79 Å². The molecule has 2 aliphatic heterocycles. The number of ether oxygens (including phenoxy) is 2. The number of hydrogen-bond acceptors (Lipinski definition) is 4. The fourth-order valence-electron chi connectivity index (χ4n) is 3.79. The van der Waals surface area contributed by atoms with Crippen LogP contribution in [0.3, 0.4) is 0 Å². The van der Waals surface area contributed by atoms with E-state index < -0.39 is 0 Å². The van der Waals surface area contributed by atoms with Crippen LogP contribution in [0.2, 0.25) is 0 Å². The Morgan fingerprint density at radius 1 is 1.20 bits per heavy atom. The Morgan fingerprint density at radius 2 is 2.04 bits per heavy atom. The molecule has 1 saturated carbocycles. The summed E-state index contributed by atoms with van der Waals surface area (Å²) in [5.74, 6) is 2.31. The standard InChI is InChI=1S/C19H21N3O3/c23-18(10-12-1-4-16-17(9-12)25-11-24-16)22-7-5-14-15(6-8-22)20-21-19(14)13-2-3-13/h1,4,9,13H,2-3,5-8,10-11H2,(H,20,21). The summed E-state index contributed by atoms with van der Waals surface area (Å²) in [6.07, 6.45) is 4.68. The number of aromatic amines is 1. The van der Waals surface area contributed by atoms with Crippen molar-refractivity contribution in [3.05, 3.63) is 40.7 Å². The van der Waals surface area contributed by atoms with Crippen LogP contribution in [0.1, 0.15) is 41.3 Å². The lowest BCUT2D eigenvalue weighted by atomic mass is 10.1. The van der Waals surface area contributed by atoms with Crippen molar-refractivity contribution in [3.63, 3.8) is 0 Å². The number of amides is 1. The van der Waals surface area contributed by atoms with Gasteiger partial charge in [0.25, 0.3) is 0 Å². The van der Waals surface area contributed by atoms with E-state index in [1.807, 2.05) is 23.1 Å². The maximum absolute atomic E-state index is 12.8. The van der Waals surface area contributed by atoms with Gasteiger partial charge >= 0.3 is 0 Å². The Kier molecular flexibility index (Phi) is 3.43. The van der Waals surface area contributed by atoms with Gasteiger partial charge in [0.05, 0.1) is 12.1 Å². The van der Waals surface area contributed by atoms with Crippen molar-refractivity contribution in [2.75, 3.05) is 19.9 Å². The predicted octanol–water partition coefficient (Wildman–Crippen LogP) is 2.19. The number of nitrogens with one attached hydrogen (secondary N) is 1. The first-order valence-corrected chi connectivity index (χ1v) is 9.00. The lowest BCUT2D eigenvalue weighted by molar-refractivity contribution is -0.130. The van der Waals surface area contributed by atoms with Crippen molar-refractivity contribution in [1.82, 2.24) is 15.1 Å². The molecule has 0 unspecified atom stereocenters. The maximum Gasteiger partial charge on any atom is 0.231 e. The van der Waals surface area contributed by atoms with Crippen LogP contribution in [0.25, 0.3) is 0 Å². The summed E-state index contributed by atoms with van der Waals surface area (Å²) in [6, 6.07) is 5.74. The average Bonchev–Trinajstić information content (AvgIpc) is 3.29. The van der Waals surface area contributed by atoms with Gasteiger partial charge in [-0.3, -0.25) is 9.89 Å². The second-order valence-corrected chi connectivity index (χ2v) is 7.09. The summed E-state index contributed by atoms with van der Waals surface area (Å²) in [7, 11) is 0. The molecule has 2 aromatic rings. The van der Waals surface area contributed by atoms with Crippen LogP contribution in [-0.4, -0.2) is 40.9 Å². The number of carbonyl (C=O) groups excluding carboxylic acids is 1. The molecule has 1 aromatic carbocycles. The first kappa shape index (κ1) is 14.8. The molecule has 1 aliphatic carbocycles. The van der Waals surface area contributed by atoms with Crippen molar-refractivity contribution in [1.29, 1.82) is 0 Å². The molecule has 5 rings (SSSR count). The van der Waals surface area contributed by atoms with E-state index in [2.05, 4.69) is 10.2 Å². The molecule has 0 radical (unpaired) electrons. The minimum atomic E-state index is 0.171. The number of benzene rings is 1. The molecule has 1 aromatic heterocycles. The van der Waals surface area contributed by atoms with Crippen molar-refractivity contribution in [3.8, 4) is 11.5 Å². The second-order valence-electron chi connectivity index (χ2n) is 7.09. The Hall–Kier alpha value is -2.50. The average molecular weight is 339 g/mol. The van der Waals surface area contributed by atoms with E-state index in [4.69, 9.17) is 9.47 Å². The van der Waals surface area contributed by atoms with Gasteiger partial charge in [-0.15, -0.1) is 0 Å². The first-order chi connectivity index (χ1) is 12.3. The summed E-state index contributed by atoms with van der Waals surface area (Å²) in [4.78, 5) is 14.7. The van der Waals surface area contributed by atoms with Gasteiger partial charge in [-0.05, 0) is 42.5 Å². The van der Waals surface area contributed by atoms with Crippen LogP contribution in [0, 0.1) is 0 Å². The largest absolute Gasteiger partial charge is 0.454 e. The van der Waals surface area contributed by atoms with E-state index in [1.54, 1.807) is 0 Å². The topological polar surface area (TPSA) is 67.5 Å². The third kappa shape index (κ3) is 2.75. The van der Waals surface area contributed by atoms with Gasteiger partial charge in [0, 0.05) is 31.1 Å². The highest BCUT2D eigenvalue weighted by molar-refractivity contribution is 5.79. The van der Waals surface area contributed by atoms with E-state index in [0.29, 0.717) is 12.3 Å². The van der Waals surface area contributed by atoms with Crippen LogP contribution >= 0.6 is 0 Å². The third-order valence-electron chi connectivity index (χ3n) is 5.36. The lowest BCUT2D eigenvalue weighted by Gasteiger charge is -2.20. The normalized spacial score (nSPS) is 18.8. The van der Waals surface area contributed by atoms with Crippen molar-refractivity contribution in [2.24, 2.45) is 0 Å². The van der Waals surface area contributed by atoms with Gasteiger partial charge in [0.2, 0.25) is 12.7 Å². The van der Waals surface area contributed by atoms with Gasteiger partial charge in [-0.1, -0.05) is 6.07 Å². The Balaban J connectivity index is 1.27. The number of hydrogen-bond donors (Lipinski definition) is 1. The first-order valence-electron chi connectivity index (χ1n) is 9.00. The summed E-state index contributed by atoms with van der Waals surface area (Å²) in [6.45, 7) is 1.78. The molecule has 6 nitrogen and oxygen atoms in total. The molecular weight excluding hydrogens is 318 g/mol. The van der Waals surface area contributed by atoms with Crippen LogP contribution in [0.5, 0.6) is 11.5 Å². The molecule has 1 amide bonds. The van der Waals surface area contributed by atoms with Gasteiger partial charge in [-0.2, -0.15) is 5.10 Å². The Bertz CT molecular complexity index is 825. The maximum atomic E-state index is 12.8. The predicted molar refractivity (Wildman–Crippen MR) is 90.8 cm³/mol. The zero-order valence-electron chi connectivity index (χ0n) is 14.1. The van der Waals surface area contributed by atoms with Gasteiger partial charge < -0.3 is 14.4 Å². The Labute approximate surface area is 146 Å². The second kappa shape index (κ2) is 5.79. The highest BCUT2D eigenvalue weighted by atomic mass is 16.7. The molecule has 1 fully saturated rings. The number of fused-ring (bicyclic) bond motifs is 2. The van der Waals surface area contributed by atoms with Crippen molar-refractivity contribution < 1.29 is 14.3 Å². The molecule has 0 spiro atoms. The van der Waals surface area contributed by atoms with Crippen LogP contribution < -0.4 is 9.47 Å². The summed E-state index contributed by atoms with van der Waals surface area (Å²) >= 11 is 0. The lowest BCUT2D eigenvalue weighted by Crippen LogP contribution is -2.34. The molecule has 3 aliphatic rings. The molecule has 130 valence electrons. The summed E-state index contributed by atoms with van der Waals surface area (Å²) in [5, 5.41) is 7.72. The number of aromatic nitrogens is 2. The number of rotatable bonds is 3. The molecule has 6 heteroatoms. The fraction of sp³-hybridized carbons (Fsp3) is 0.474. The van der Waals surface area contributed by atoms with Gasteiger partial charge in [-0.25, -0.2) is 0 Å². The van der Waals surface area contributed by atoms with E-state index >= 15 is 0 Å². The fourth-order valence-corrected chi connectivity index (χ4v) is 3.79. The van der Waals surface area contributed by atoms with Crippen LogP contribution in [-0.2, 0) is 24.1 Å². The molecule has 0 atom stereocenters. The third-order valence-corrected chi connectivity index (χ3v) is 5.36. The number of carbonyl (C=O) groups is 1. The molecule has 0 saturated heterocycles. The summed E-state index contributed by atoms with van der Waals surface area (Å²) in [5.41, 5.74) is 4.80. The van der Waals surface area contributed by atoms with Crippen molar-refractivity contribution >= 4 is 5.91 Å². The minimum Gasteiger partial charge on any atom is -0.454 e. The smallest absolute Gasteiger partial charge is 0.231 e. The SMILES string of the molecule is O=C(Cc1ccc2c(c1)OCO2)N1CCc2[nH]nc(C3CC3)c2CC1. The van der Waals surface area contributed by atoms with Crippen molar-refractivity contribution in [2.45, 2.75) is 38.0 Å². The molecule has 25 heavy (non-hydrogen) atoms. The molecular formula is C19H21N3O3.